The van der Waals surface area contributed by atoms with Gasteiger partial charge in [0, 0.05) is 31.1 Å². The van der Waals surface area contributed by atoms with Crippen molar-refractivity contribution < 1.29 is 14.3 Å². The van der Waals surface area contributed by atoms with Crippen LogP contribution in [-0.2, 0) is 17.8 Å². The number of likely N-dealkylation sites (tertiary alicyclic amines) is 1. The lowest BCUT2D eigenvalue weighted by Gasteiger charge is -2.35. The van der Waals surface area contributed by atoms with E-state index >= 15 is 0 Å². The minimum Gasteiger partial charge on any atom is -0.481 e. The van der Waals surface area contributed by atoms with Crippen molar-refractivity contribution in [3.63, 3.8) is 0 Å². The van der Waals surface area contributed by atoms with Gasteiger partial charge in [-0.1, -0.05) is 61.7 Å². The molecule has 240 valence electrons. The van der Waals surface area contributed by atoms with Gasteiger partial charge in [-0.2, -0.15) is 5.10 Å². The quantitative estimate of drug-likeness (QED) is 0.228. The van der Waals surface area contributed by atoms with Gasteiger partial charge in [0.2, 0.25) is 0 Å². The molecule has 2 aliphatic carbocycles. The van der Waals surface area contributed by atoms with Crippen LogP contribution in [0, 0.1) is 29.5 Å². The molecule has 4 atom stereocenters. The van der Waals surface area contributed by atoms with Crippen molar-refractivity contribution in [2.24, 2.45) is 23.7 Å². The van der Waals surface area contributed by atoms with Crippen molar-refractivity contribution in [2.75, 3.05) is 19.6 Å². The summed E-state index contributed by atoms with van der Waals surface area (Å²) in [6, 6.07) is 20.0. The van der Waals surface area contributed by atoms with Crippen LogP contribution in [-0.4, -0.2) is 45.4 Å². The van der Waals surface area contributed by atoms with Crippen molar-refractivity contribution in [3.05, 3.63) is 89.0 Å². The highest BCUT2D eigenvalue weighted by molar-refractivity contribution is 5.85. The zero-order chi connectivity index (χ0) is 29.1. The molecule has 3 unspecified atom stereocenters. The number of benzene rings is 2. The Kier molecular flexibility index (Phi) is 12.3. The fraction of sp³-hybridized carbons (Fsp3) is 0.556. The first-order chi connectivity index (χ1) is 20.5. The predicted molar refractivity (Wildman–Crippen MR) is 178 cm³/mol. The second-order valence-electron chi connectivity index (χ2n) is 13.2. The summed E-state index contributed by atoms with van der Waals surface area (Å²) in [6.07, 6.45) is 9.25. The van der Waals surface area contributed by atoms with E-state index in [1.54, 1.807) is 6.07 Å². The monoisotopic (exact) mass is 643 g/mol. The molecule has 3 fully saturated rings. The lowest BCUT2D eigenvalue weighted by atomic mass is 9.74. The Bertz CT molecular complexity index is 1340. The van der Waals surface area contributed by atoms with Crippen molar-refractivity contribution in [2.45, 2.75) is 83.1 Å². The molecule has 1 saturated heterocycles. The number of aryl methyl sites for hydroxylation is 1. The van der Waals surface area contributed by atoms with Crippen LogP contribution in [0.1, 0.15) is 92.6 Å². The molecule has 1 aromatic heterocycles. The molecule has 1 aliphatic heterocycles. The van der Waals surface area contributed by atoms with Gasteiger partial charge in [-0.25, -0.2) is 4.39 Å². The maximum Gasteiger partial charge on any atom is 0.306 e. The Balaban J connectivity index is 0.00000221. The van der Waals surface area contributed by atoms with Crippen LogP contribution < -0.4 is 0 Å². The third kappa shape index (κ3) is 8.05. The van der Waals surface area contributed by atoms with E-state index in [1.807, 2.05) is 6.07 Å². The van der Waals surface area contributed by atoms with Gasteiger partial charge in [-0.3, -0.25) is 9.48 Å². The van der Waals surface area contributed by atoms with Crippen LogP contribution in [0.25, 0.3) is 0 Å². The number of carboxylic acids is 1. The van der Waals surface area contributed by atoms with Crippen molar-refractivity contribution in [1.82, 2.24) is 14.7 Å². The van der Waals surface area contributed by atoms with E-state index in [-0.39, 0.29) is 48.4 Å². The summed E-state index contributed by atoms with van der Waals surface area (Å²) >= 11 is 0. The molecule has 3 aliphatic rings. The van der Waals surface area contributed by atoms with E-state index in [4.69, 9.17) is 5.10 Å². The first-order valence-electron chi connectivity index (χ1n) is 16.3. The first-order valence-corrected chi connectivity index (χ1v) is 16.3. The second-order valence-corrected chi connectivity index (χ2v) is 13.2. The predicted octanol–water partition coefficient (Wildman–Crippen LogP) is 8.36. The topological polar surface area (TPSA) is 58.4 Å². The number of hydrogen-bond donors (Lipinski definition) is 1. The average Bonchev–Trinajstić information content (AvgIpc) is 3.57. The van der Waals surface area contributed by atoms with Gasteiger partial charge in [0.25, 0.3) is 0 Å². The van der Waals surface area contributed by atoms with Gasteiger partial charge in [0.15, 0.2) is 0 Å². The molecule has 0 bridgehead atoms. The molecule has 2 aromatic carbocycles. The standard InChI is InChI=1S/C36H46FN3O2.2ClH/c1-2-40-35(23-32(38-40)18-25-8-4-3-5-9-25)27-14-16-39(17-15-27)24-30-20-29(34(36(41)42)19-26-10-6-11-26)22-33(30)28-12-7-13-31(37)21-28;;/h3-5,7-9,12-13,21,23,26-27,29-30,33-34H,2,6,10-11,14-20,22,24H2,1H3,(H,41,42);2*1H/t29?,30?,33?,34-;;/m0../s1. The van der Waals surface area contributed by atoms with Gasteiger partial charge in [-0.15, -0.1) is 24.8 Å². The number of rotatable bonds is 11. The Morgan fingerprint density at radius 1 is 1.00 bits per heavy atom. The van der Waals surface area contributed by atoms with Crippen LogP contribution >= 0.6 is 24.8 Å². The van der Waals surface area contributed by atoms with Crippen molar-refractivity contribution >= 4 is 30.8 Å². The zero-order valence-corrected chi connectivity index (χ0v) is 27.5. The lowest BCUT2D eigenvalue weighted by Crippen LogP contribution is -2.37. The van der Waals surface area contributed by atoms with E-state index in [2.05, 4.69) is 59.0 Å². The molecule has 1 N–H and O–H groups in total. The average molecular weight is 645 g/mol. The summed E-state index contributed by atoms with van der Waals surface area (Å²) in [7, 11) is 0. The summed E-state index contributed by atoms with van der Waals surface area (Å²) in [5.74, 6) is 0.713. The van der Waals surface area contributed by atoms with Crippen LogP contribution in [0.2, 0.25) is 0 Å². The molecule has 2 heterocycles. The maximum atomic E-state index is 14.3. The molecule has 0 radical (unpaired) electrons. The van der Waals surface area contributed by atoms with Gasteiger partial charge < -0.3 is 10.0 Å². The minimum atomic E-state index is -0.634. The summed E-state index contributed by atoms with van der Waals surface area (Å²) in [6.45, 7) is 6.10. The van der Waals surface area contributed by atoms with Gasteiger partial charge in [0.1, 0.15) is 5.82 Å². The lowest BCUT2D eigenvalue weighted by molar-refractivity contribution is -0.144. The fourth-order valence-corrected chi connectivity index (χ4v) is 8.13. The van der Waals surface area contributed by atoms with E-state index in [0.29, 0.717) is 17.8 Å². The van der Waals surface area contributed by atoms with E-state index < -0.39 is 5.97 Å². The number of hydrogen-bond acceptors (Lipinski definition) is 3. The number of aromatic nitrogens is 2. The Hall–Kier alpha value is -2.41. The number of aliphatic carboxylic acids is 1. The number of halogens is 3. The largest absolute Gasteiger partial charge is 0.481 e. The zero-order valence-electron chi connectivity index (χ0n) is 25.8. The summed E-state index contributed by atoms with van der Waals surface area (Å²) in [5, 5.41) is 15.1. The molecular formula is C36H48Cl2FN3O2. The van der Waals surface area contributed by atoms with E-state index in [0.717, 1.165) is 76.0 Å². The van der Waals surface area contributed by atoms with Crippen LogP contribution in [0.5, 0.6) is 0 Å². The SMILES string of the molecule is CCn1nc(Cc2ccccc2)cc1C1CCN(CC2CC([C@H](CC3CCC3)C(=O)O)CC2c2cccc(F)c2)CC1.Cl.Cl. The van der Waals surface area contributed by atoms with E-state index in [1.165, 1.54) is 36.6 Å². The number of carboxylic acid groups (broad SMARTS) is 1. The van der Waals surface area contributed by atoms with E-state index in [9.17, 15) is 14.3 Å². The smallest absolute Gasteiger partial charge is 0.306 e. The molecule has 44 heavy (non-hydrogen) atoms. The third-order valence-corrected chi connectivity index (χ3v) is 10.6. The Labute approximate surface area is 274 Å². The highest BCUT2D eigenvalue weighted by Crippen LogP contribution is 2.49. The highest BCUT2D eigenvalue weighted by Gasteiger charge is 2.43. The maximum absolute atomic E-state index is 14.3. The highest BCUT2D eigenvalue weighted by atomic mass is 35.5. The number of piperidine rings is 1. The summed E-state index contributed by atoms with van der Waals surface area (Å²) in [4.78, 5) is 15.0. The fourth-order valence-electron chi connectivity index (χ4n) is 8.13. The van der Waals surface area contributed by atoms with Gasteiger partial charge in [0.05, 0.1) is 11.6 Å². The van der Waals surface area contributed by atoms with Gasteiger partial charge in [-0.05, 0) is 105 Å². The second kappa shape index (κ2) is 15.7. The minimum absolute atomic E-state index is 0. The molecule has 0 amide bonds. The molecule has 2 saturated carbocycles. The number of carbonyl (C=O) groups is 1. The Morgan fingerprint density at radius 2 is 1.75 bits per heavy atom. The summed E-state index contributed by atoms with van der Waals surface area (Å²) < 4.78 is 16.5. The normalized spacial score (nSPS) is 23.4. The summed E-state index contributed by atoms with van der Waals surface area (Å²) in [5.41, 5.74) is 4.84. The molecule has 0 spiro atoms. The molecule has 5 nitrogen and oxygen atoms in total. The molecule has 6 rings (SSSR count). The van der Waals surface area contributed by atoms with Crippen LogP contribution in [0.3, 0.4) is 0 Å². The number of nitrogens with zero attached hydrogens (tertiary/aromatic N) is 3. The van der Waals surface area contributed by atoms with Crippen molar-refractivity contribution in [3.8, 4) is 0 Å². The Morgan fingerprint density at radius 3 is 2.39 bits per heavy atom. The molecule has 8 heteroatoms. The van der Waals surface area contributed by atoms with Crippen LogP contribution in [0.15, 0.2) is 60.7 Å². The first kappa shape index (κ1) is 34.5. The molecular weight excluding hydrogens is 596 g/mol. The molecule has 3 aromatic rings. The van der Waals surface area contributed by atoms with Crippen LogP contribution in [0.4, 0.5) is 4.39 Å². The van der Waals surface area contributed by atoms with Crippen molar-refractivity contribution in [1.29, 1.82) is 0 Å². The van der Waals surface area contributed by atoms with Gasteiger partial charge >= 0.3 is 5.97 Å². The third-order valence-electron chi connectivity index (χ3n) is 10.6.